The highest BCUT2D eigenvalue weighted by Gasteiger charge is 2.31. The van der Waals surface area contributed by atoms with E-state index >= 15 is 0 Å². The van der Waals surface area contributed by atoms with Crippen molar-refractivity contribution in [3.05, 3.63) is 53.4 Å². The van der Waals surface area contributed by atoms with Crippen LogP contribution >= 0.6 is 0 Å². The molecule has 0 aliphatic carbocycles. The summed E-state index contributed by atoms with van der Waals surface area (Å²) in [6, 6.07) is 9.75. The molecule has 1 rings (SSSR count). The van der Waals surface area contributed by atoms with Crippen molar-refractivity contribution in [2.45, 2.75) is 25.2 Å². The zero-order chi connectivity index (χ0) is 15.0. The highest BCUT2D eigenvalue weighted by molar-refractivity contribution is 6.90. The predicted molar refractivity (Wildman–Crippen MR) is 82.5 cm³/mol. The summed E-state index contributed by atoms with van der Waals surface area (Å²) in [5.74, 6) is -0.487. The number of azide groups is 1. The molecule has 0 aliphatic rings. The Kier molecular flexibility index (Phi) is 6.02. The van der Waals surface area contributed by atoms with Crippen LogP contribution in [0.15, 0.2) is 48.1 Å². The van der Waals surface area contributed by atoms with E-state index in [-0.39, 0.29) is 6.61 Å². The molecule has 5 nitrogen and oxygen atoms in total. The number of rotatable bonds is 7. The maximum Gasteiger partial charge on any atom is 0.314 e. The number of esters is 1. The van der Waals surface area contributed by atoms with E-state index in [1.54, 1.807) is 0 Å². The molecule has 0 aliphatic heterocycles. The Morgan fingerprint density at radius 1 is 1.50 bits per heavy atom. The van der Waals surface area contributed by atoms with Crippen LogP contribution < -0.4 is 5.19 Å². The number of ether oxygens (including phenoxy) is 1. The SMILES string of the molecule is C=CCOC(=O)[C@H](C[Si](C)(C)c1ccccc1)N=[N+]=[N-]. The average molecular weight is 289 g/mol. The lowest BCUT2D eigenvalue weighted by Gasteiger charge is -2.25. The van der Waals surface area contributed by atoms with Gasteiger partial charge in [-0.15, -0.1) is 0 Å². The van der Waals surface area contributed by atoms with Gasteiger partial charge in [-0.2, -0.15) is 0 Å². The summed E-state index contributed by atoms with van der Waals surface area (Å²) < 4.78 is 4.99. The summed E-state index contributed by atoms with van der Waals surface area (Å²) in [7, 11) is -1.87. The van der Waals surface area contributed by atoms with Gasteiger partial charge >= 0.3 is 5.97 Å². The molecule has 0 bridgehead atoms. The zero-order valence-corrected chi connectivity index (χ0v) is 12.8. The first kappa shape index (κ1) is 16.0. The molecule has 1 aromatic rings. The van der Waals surface area contributed by atoms with Crippen LogP contribution in [0, 0.1) is 0 Å². The lowest BCUT2D eigenvalue weighted by Crippen LogP contribution is -2.45. The Bertz CT molecular complexity index is 510. The monoisotopic (exact) mass is 289 g/mol. The van der Waals surface area contributed by atoms with Crippen LogP contribution in [0.2, 0.25) is 19.1 Å². The average Bonchev–Trinajstić information content (AvgIpc) is 2.45. The third kappa shape index (κ3) is 4.57. The van der Waals surface area contributed by atoms with Gasteiger partial charge in [0.1, 0.15) is 12.6 Å². The second-order valence-corrected chi connectivity index (χ2v) is 9.85. The molecule has 0 aromatic heterocycles. The van der Waals surface area contributed by atoms with Crippen molar-refractivity contribution in [2.24, 2.45) is 5.11 Å². The third-order valence-electron chi connectivity index (χ3n) is 3.07. The smallest absolute Gasteiger partial charge is 0.314 e. The number of nitrogens with zero attached hydrogens (tertiary/aromatic N) is 3. The van der Waals surface area contributed by atoms with E-state index < -0.39 is 20.1 Å². The van der Waals surface area contributed by atoms with Crippen molar-refractivity contribution in [1.82, 2.24) is 0 Å². The number of hydrogen-bond acceptors (Lipinski definition) is 3. The van der Waals surface area contributed by atoms with E-state index in [0.717, 1.165) is 0 Å². The van der Waals surface area contributed by atoms with Crippen molar-refractivity contribution in [3.8, 4) is 0 Å². The number of carbonyl (C=O) groups is 1. The summed E-state index contributed by atoms with van der Waals surface area (Å²) in [6.45, 7) is 7.90. The van der Waals surface area contributed by atoms with Gasteiger partial charge in [0, 0.05) is 4.91 Å². The largest absolute Gasteiger partial charge is 0.461 e. The first-order valence-corrected chi connectivity index (χ1v) is 9.59. The lowest BCUT2D eigenvalue weighted by molar-refractivity contribution is -0.143. The van der Waals surface area contributed by atoms with Gasteiger partial charge in [-0.05, 0) is 11.6 Å². The molecule has 1 aromatic carbocycles. The Hall–Kier alpha value is -2.04. The highest BCUT2D eigenvalue weighted by Crippen LogP contribution is 2.16. The summed E-state index contributed by atoms with van der Waals surface area (Å²) in [4.78, 5) is 14.7. The summed E-state index contributed by atoms with van der Waals surface area (Å²) in [5, 5.41) is 4.81. The fourth-order valence-corrected chi connectivity index (χ4v) is 4.51. The van der Waals surface area contributed by atoms with Crippen LogP contribution in [0.4, 0.5) is 0 Å². The summed E-state index contributed by atoms with van der Waals surface area (Å²) in [5.41, 5.74) is 8.62. The van der Waals surface area contributed by atoms with E-state index in [1.807, 2.05) is 18.2 Å². The van der Waals surface area contributed by atoms with Crippen LogP contribution in [-0.2, 0) is 9.53 Å². The zero-order valence-electron chi connectivity index (χ0n) is 11.8. The van der Waals surface area contributed by atoms with E-state index in [9.17, 15) is 4.79 Å². The Morgan fingerprint density at radius 3 is 2.70 bits per heavy atom. The van der Waals surface area contributed by atoms with Gasteiger partial charge in [0.25, 0.3) is 0 Å². The maximum atomic E-state index is 11.9. The molecule has 0 amide bonds. The summed E-state index contributed by atoms with van der Waals surface area (Å²) >= 11 is 0. The third-order valence-corrected chi connectivity index (χ3v) is 6.37. The maximum absolute atomic E-state index is 11.9. The van der Waals surface area contributed by atoms with Gasteiger partial charge in [0.2, 0.25) is 0 Å². The topological polar surface area (TPSA) is 75.1 Å². The van der Waals surface area contributed by atoms with Crippen LogP contribution in [0.3, 0.4) is 0 Å². The second-order valence-electron chi connectivity index (χ2n) is 5.09. The number of benzene rings is 1. The minimum atomic E-state index is -1.87. The molecular weight excluding hydrogens is 270 g/mol. The van der Waals surface area contributed by atoms with E-state index in [4.69, 9.17) is 10.3 Å². The second kappa shape index (κ2) is 7.52. The van der Waals surface area contributed by atoms with E-state index in [2.05, 4.69) is 41.8 Å². The molecule has 0 heterocycles. The molecule has 106 valence electrons. The minimum absolute atomic E-state index is 0.129. The molecule has 1 atom stereocenters. The van der Waals surface area contributed by atoms with Gasteiger partial charge in [-0.3, -0.25) is 4.79 Å². The van der Waals surface area contributed by atoms with E-state index in [0.29, 0.717) is 6.04 Å². The Labute approximate surface area is 119 Å². The molecule has 0 saturated carbocycles. The molecule has 0 saturated heterocycles. The van der Waals surface area contributed by atoms with Gasteiger partial charge in [0.05, 0.1) is 8.07 Å². The first-order chi connectivity index (χ1) is 9.51. The fraction of sp³-hybridized carbons (Fsp3) is 0.357. The van der Waals surface area contributed by atoms with Crippen molar-refractivity contribution < 1.29 is 9.53 Å². The van der Waals surface area contributed by atoms with Crippen molar-refractivity contribution in [3.63, 3.8) is 0 Å². The van der Waals surface area contributed by atoms with Gasteiger partial charge in [-0.25, -0.2) is 0 Å². The molecule has 0 spiro atoms. The summed E-state index contributed by atoms with van der Waals surface area (Å²) in [6.07, 6.45) is 1.49. The van der Waals surface area contributed by atoms with Crippen molar-refractivity contribution in [1.29, 1.82) is 0 Å². The highest BCUT2D eigenvalue weighted by atomic mass is 28.3. The molecule has 0 N–H and O–H groups in total. The minimum Gasteiger partial charge on any atom is -0.461 e. The Balaban J connectivity index is 2.86. The fourth-order valence-electron chi connectivity index (χ4n) is 1.96. The van der Waals surface area contributed by atoms with Gasteiger partial charge in [-0.1, -0.05) is 66.4 Å². The van der Waals surface area contributed by atoms with E-state index in [1.165, 1.54) is 11.3 Å². The molecular formula is C14H19N3O2Si. The number of hydrogen-bond donors (Lipinski definition) is 0. The lowest BCUT2D eigenvalue weighted by atomic mass is 10.4. The standard InChI is InChI=1S/C14H19N3O2Si/c1-4-10-19-14(18)13(16-17-15)11-20(2,3)12-8-6-5-7-9-12/h4-9,13H,1,10-11H2,2-3H3/t13-/m0/s1. The van der Waals surface area contributed by atoms with Crippen LogP contribution in [0.5, 0.6) is 0 Å². The molecule has 0 fully saturated rings. The van der Waals surface area contributed by atoms with Crippen molar-refractivity contribution >= 4 is 19.2 Å². The normalized spacial score (nSPS) is 12.1. The first-order valence-electron chi connectivity index (χ1n) is 6.38. The van der Waals surface area contributed by atoms with Crippen LogP contribution in [0.1, 0.15) is 0 Å². The molecule has 20 heavy (non-hydrogen) atoms. The molecule has 0 unspecified atom stereocenters. The predicted octanol–water partition coefficient (Wildman–Crippen LogP) is 3.01. The molecule has 0 radical (unpaired) electrons. The van der Waals surface area contributed by atoms with Gasteiger partial charge < -0.3 is 4.74 Å². The Morgan fingerprint density at radius 2 is 2.15 bits per heavy atom. The van der Waals surface area contributed by atoms with Crippen LogP contribution in [0.25, 0.3) is 10.4 Å². The van der Waals surface area contributed by atoms with Gasteiger partial charge in [0.15, 0.2) is 0 Å². The van der Waals surface area contributed by atoms with Crippen molar-refractivity contribution in [2.75, 3.05) is 6.61 Å². The number of carbonyl (C=O) groups excluding carboxylic acids is 1. The quantitative estimate of drug-likeness (QED) is 0.193. The molecule has 6 heteroatoms. The van der Waals surface area contributed by atoms with Crippen LogP contribution in [-0.4, -0.2) is 26.7 Å².